The van der Waals surface area contributed by atoms with Gasteiger partial charge in [-0.15, -0.1) is 0 Å². The van der Waals surface area contributed by atoms with Crippen molar-refractivity contribution >= 4 is 5.97 Å². The highest BCUT2D eigenvalue weighted by Gasteiger charge is 2.15. The molecule has 0 fully saturated rings. The van der Waals surface area contributed by atoms with Crippen molar-refractivity contribution in [3.63, 3.8) is 0 Å². The number of carbonyl (C=O) groups excluding carboxylic acids is 1. The van der Waals surface area contributed by atoms with Gasteiger partial charge in [-0.25, -0.2) is 0 Å². The van der Waals surface area contributed by atoms with Crippen LogP contribution in [0.4, 0.5) is 0 Å². The molecule has 16 heavy (non-hydrogen) atoms. The largest absolute Gasteiger partial charge is 0.465 e. The lowest BCUT2D eigenvalue weighted by atomic mass is 9.99. The van der Waals surface area contributed by atoms with Gasteiger partial charge in [-0.1, -0.05) is 25.5 Å². The van der Waals surface area contributed by atoms with Crippen LogP contribution >= 0.6 is 0 Å². The minimum absolute atomic E-state index is 0.0292. The molecule has 0 saturated heterocycles. The second kappa shape index (κ2) is 6.72. The van der Waals surface area contributed by atoms with E-state index in [1.54, 1.807) is 0 Å². The van der Waals surface area contributed by atoms with Crippen LogP contribution in [-0.4, -0.2) is 12.6 Å². The molecule has 0 saturated carbocycles. The Bertz CT molecular complexity index is 255. The van der Waals surface area contributed by atoms with Crippen LogP contribution < -0.4 is 0 Å². The molecule has 0 radical (unpaired) electrons. The summed E-state index contributed by atoms with van der Waals surface area (Å²) < 4.78 is 5.31. The molecule has 1 rings (SSSR count). The molecule has 0 aromatic carbocycles. The van der Waals surface area contributed by atoms with Crippen molar-refractivity contribution in [3.8, 4) is 0 Å². The smallest absolute Gasteiger partial charge is 0.308 e. The molecule has 1 heterocycles. The van der Waals surface area contributed by atoms with Crippen molar-refractivity contribution in [2.45, 2.75) is 52.9 Å². The number of carbonyl (C=O) groups is 1. The Labute approximate surface area is 99.1 Å². The number of ether oxygens (including phenoxy) is 1. The molecule has 0 aliphatic carbocycles. The van der Waals surface area contributed by atoms with Crippen LogP contribution in [0.15, 0.2) is 11.6 Å². The van der Waals surface area contributed by atoms with Crippen molar-refractivity contribution in [1.29, 1.82) is 0 Å². The van der Waals surface area contributed by atoms with Gasteiger partial charge >= 0.3 is 5.97 Å². The maximum Gasteiger partial charge on any atom is 0.308 e. The third-order valence-electron chi connectivity index (χ3n) is 3.27. The van der Waals surface area contributed by atoms with E-state index in [0.717, 1.165) is 19.3 Å². The highest BCUT2D eigenvalue weighted by atomic mass is 16.5. The van der Waals surface area contributed by atoms with Gasteiger partial charge in [0.25, 0.3) is 0 Å². The molecule has 0 aromatic heterocycles. The predicted octanol–water partition coefficient (Wildman–Crippen LogP) is 3.71. The molecule has 2 heteroatoms. The van der Waals surface area contributed by atoms with Crippen molar-refractivity contribution < 1.29 is 9.53 Å². The van der Waals surface area contributed by atoms with Crippen LogP contribution in [0.5, 0.6) is 0 Å². The molecule has 0 bridgehead atoms. The molecular weight excluding hydrogens is 200 g/mol. The molecule has 1 aliphatic rings. The van der Waals surface area contributed by atoms with Gasteiger partial charge in [-0.3, -0.25) is 4.79 Å². The average molecular weight is 224 g/mol. The number of cyclic esters (lactones) is 1. The van der Waals surface area contributed by atoms with Crippen molar-refractivity contribution in [1.82, 2.24) is 0 Å². The Morgan fingerprint density at radius 1 is 1.31 bits per heavy atom. The van der Waals surface area contributed by atoms with E-state index >= 15 is 0 Å². The fraction of sp³-hybridized carbons (Fsp3) is 0.786. The van der Waals surface area contributed by atoms with E-state index in [4.69, 9.17) is 4.74 Å². The van der Waals surface area contributed by atoms with E-state index in [0.29, 0.717) is 12.5 Å². The summed E-state index contributed by atoms with van der Waals surface area (Å²) in [6.45, 7) is 6.90. The normalized spacial score (nSPS) is 32.9. The van der Waals surface area contributed by atoms with Gasteiger partial charge in [0.1, 0.15) is 0 Å². The Morgan fingerprint density at radius 2 is 2.06 bits per heavy atom. The maximum atomic E-state index is 11.6. The Kier molecular flexibility index (Phi) is 5.58. The van der Waals surface area contributed by atoms with E-state index in [1.807, 2.05) is 6.92 Å². The summed E-state index contributed by atoms with van der Waals surface area (Å²) in [6, 6.07) is 0. The lowest BCUT2D eigenvalue weighted by Crippen LogP contribution is -2.18. The minimum atomic E-state index is -0.0292. The SMILES string of the molecule is C/C1=C/CC[C@@H](C)C(=O)OC[C@H](C)CCC1. The summed E-state index contributed by atoms with van der Waals surface area (Å²) in [5.74, 6) is 0.498. The van der Waals surface area contributed by atoms with Crippen LogP contribution in [0.25, 0.3) is 0 Å². The summed E-state index contributed by atoms with van der Waals surface area (Å²) in [6.07, 6.45) is 7.72. The topological polar surface area (TPSA) is 26.3 Å². The minimum Gasteiger partial charge on any atom is -0.465 e. The van der Waals surface area contributed by atoms with Gasteiger partial charge in [0, 0.05) is 0 Å². The van der Waals surface area contributed by atoms with E-state index in [9.17, 15) is 4.79 Å². The molecule has 0 aromatic rings. The Balaban J connectivity index is 2.55. The molecule has 0 spiro atoms. The maximum absolute atomic E-state index is 11.6. The third-order valence-corrected chi connectivity index (χ3v) is 3.27. The van der Waals surface area contributed by atoms with Crippen molar-refractivity contribution in [3.05, 3.63) is 11.6 Å². The second-order valence-corrected chi connectivity index (χ2v) is 5.16. The van der Waals surface area contributed by atoms with E-state index in [-0.39, 0.29) is 11.9 Å². The zero-order valence-corrected chi connectivity index (χ0v) is 10.8. The number of hydrogen-bond acceptors (Lipinski definition) is 2. The quantitative estimate of drug-likeness (QED) is 0.463. The molecule has 1 aliphatic heterocycles. The number of allylic oxidation sites excluding steroid dienone is 2. The summed E-state index contributed by atoms with van der Waals surface area (Å²) in [4.78, 5) is 11.6. The molecule has 0 N–H and O–H groups in total. The molecule has 0 unspecified atom stereocenters. The van der Waals surface area contributed by atoms with Crippen LogP contribution in [0.1, 0.15) is 52.9 Å². The van der Waals surface area contributed by atoms with E-state index in [2.05, 4.69) is 19.9 Å². The van der Waals surface area contributed by atoms with Crippen LogP contribution in [0, 0.1) is 11.8 Å². The summed E-state index contributed by atoms with van der Waals surface area (Å²) in [5, 5.41) is 0. The van der Waals surface area contributed by atoms with Crippen molar-refractivity contribution in [2.24, 2.45) is 11.8 Å². The Hall–Kier alpha value is -0.790. The monoisotopic (exact) mass is 224 g/mol. The molecule has 2 nitrogen and oxygen atoms in total. The number of rotatable bonds is 0. The highest BCUT2D eigenvalue weighted by Crippen LogP contribution is 2.17. The van der Waals surface area contributed by atoms with Crippen molar-refractivity contribution in [2.75, 3.05) is 6.61 Å². The first-order valence-corrected chi connectivity index (χ1v) is 6.42. The predicted molar refractivity (Wildman–Crippen MR) is 66.1 cm³/mol. The molecule has 92 valence electrons. The average Bonchev–Trinajstić information content (AvgIpc) is 2.24. The van der Waals surface area contributed by atoms with Crippen LogP contribution in [0.2, 0.25) is 0 Å². The fourth-order valence-corrected chi connectivity index (χ4v) is 1.98. The van der Waals surface area contributed by atoms with Gasteiger partial charge in [-0.2, -0.15) is 0 Å². The van der Waals surface area contributed by atoms with E-state index in [1.165, 1.54) is 18.4 Å². The lowest BCUT2D eigenvalue weighted by Gasteiger charge is -2.16. The van der Waals surface area contributed by atoms with Gasteiger partial charge in [-0.05, 0) is 44.9 Å². The summed E-state index contributed by atoms with van der Waals surface area (Å²) >= 11 is 0. The van der Waals surface area contributed by atoms with Gasteiger partial charge in [0.05, 0.1) is 12.5 Å². The summed E-state index contributed by atoms with van der Waals surface area (Å²) in [5.41, 5.74) is 1.47. The first kappa shape index (κ1) is 13.3. The molecular formula is C14H24O2. The number of esters is 1. The lowest BCUT2D eigenvalue weighted by molar-refractivity contribution is -0.149. The van der Waals surface area contributed by atoms with E-state index < -0.39 is 0 Å². The van der Waals surface area contributed by atoms with Gasteiger partial charge < -0.3 is 4.74 Å². The first-order valence-electron chi connectivity index (χ1n) is 6.42. The third kappa shape index (κ3) is 4.82. The van der Waals surface area contributed by atoms with Gasteiger partial charge in [0.2, 0.25) is 0 Å². The zero-order valence-electron chi connectivity index (χ0n) is 10.8. The standard InChI is InChI=1S/C14H24O2/c1-11-6-4-8-12(2)10-16-14(15)13(3)9-5-7-11/h7,12-13H,4-6,8-10H2,1-3H3/b11-7-/t12-,13-/m1/s1. The van der Waals surface area contributed by atoms with Crippen LogP contribution in [-0.2, 0) is 9.53 Å². The molecule has 2 atom stereocenters. The summed E-state index contributed by atoms with van der Waals surface area (Å²) in [7, 11) is 0. The van der Waals surface area contributed by atoms with Gasteiger partial charge in [0.15, 0.2) is 0 Å². The molecule has 0 amide bonds. The fourth-order valence-electron chi connectivity index (χ4n) is 1.98. The highest BCUT2D eigenvalue weighted by molar-refractivity contribution is 5.71. The Morgan fingerprint density at radius 3 is 2.81 bits per heavy atom. The first-order chi connectivity index (χ1) is 7.59. The number of hydrogen-bond donors (Lipinski definition) is 0. The van der Waals surface area contributed by atoms with Crippen LogP contribution in [0.3, 0.4) is 0 Å². The zero-order chi connectivity index (χ0) is 12.0. The second-order valence-electron chi connectivity index (χ2n) is 5.16.